The van der Waals surface area contributed by atoms with Gasteiger partial charge in [0.1, 0.15) is 0 Å². The van der Waals surface area contributed by atoms with E-state index in [2.05, 4.69) is 53.7 Å². The van der Waals surface area contributed by atoms with E-state index in [0.29, 0.717) is 0 Å². The second-order valence-electron chi connectivity index (χ2n) is 8.84. The first kappa shape index (κ1) is 25.7. The number of hydrogen-bond donors (Lipinski definition) is 0. The van der Waals surface area contributed by atoms with Crippen LogP contribution in [0.25, 0.3) is 0 Å². The summed E-state index contributed by atoms with van der Waals surface area (Å²) in [5.74, 6) is 1.46. The third kappa shape index (κ3) is 5.76. The molecule has 0 saturated carbocycles. The van der Waals surface area contributed by atoms with E-state index >= 15 is 0 Å². The van der Waals surface area contributed by atoms with Gasteiger partial charge in [0, 0.05) is 0 Å². The quantitative estimate of drug-likeness (QED) is 0.238. The predicted molar refractivity (Wildman–Crippen MR) is 141 cm³/mol. The van der Waals surface area contributed by atoms with Crippen molar-refractivity contribution < 1.29 is 22.9 Å². The van der Waals surface area contributed by atoms with Gasteiger partial charge in [0.2, 0.25) is 0 Å². The van der Waals surface area contributed by atoms with E-state index < -0.39 is 29.6 Å². The fraction of sp³-hybridized carbons (Fsp3) is 0.286. The van der Waals surface area contributed by atoms with Crippen LogP contribution in [-0.2, 0) is 22.9 Å². The molecular weight excluding hydrogens is 614 g/mol. The summed E-state index contributed by atoms with van der Waals surface area (Å²) in [6, 6.07) is 19.7. The number of halogens is 2. The monoisotopic (exact) mass is 646 g/mol. The standard InChI is InChI=1S/C12H10Cl2Si.2C8H11.Hf/c13-15(14,11-7-3-1-4-8-11)12-9-5-2-6-10-12;2*1-6-4-7(2)8(3)5-6;/h1-10H;2*4,8H,1-3H3;. The Morgan fingerprint density at radius 2 is 0.969 bits per heavy atom. The molecule has 0 aromatic heterocycles. The molecule has 4 heteroatoms. The van der Waals surface area contributed by atoms with Crippen molar-refractivity contribution in [1.82, 2.24) is 0 Å². The second-order valence-corrected chi connectivity index (χ2v) is 19.9. The number of allylic oxidation sites excluding steroid dienone is 8. The fourth-order valence-electron chi connectivity index (χ4n) is 4.25. The van der Waals surface area contributed by atoms with Gasteiger partial charge in [-0.15, -0.1) is 22.2 Å². The van der Waals surface area contributed by atoms with Gasteiger partial charge in [-0.25, -0.2) is 0 Å². The van der Waals surface area contributed by atoms with Crippen LogP contribution in [0.5, 0.6) is 0 Å². The smallest absolute Gasteiger partial charge is 0.134 e. The van der Waals surface area contributed by atoms with Gasteiger partial charge in [-0.1, -0.05) is 60.7 Å². The van der Waals surface area contributed by atoms with Crippen LogP contribution in [0, 0.1) is 11.8 Å². The molecule has 0 aliphatic heterocycles. The summed E-state index contributed by atoms with van der Waals surface area (Å²) in [6.07, 6.45) is 4.81. The minimum absolute atomic E-state index is 0.728. The van der Waals surface area contributed by atoms with E-state index in [1.54, 1.807) is 22.3 Å². The average Bonchev–Trinajstić information content (AvgIpc) is 3.18. The third-order valence-electron chi connectivity index (χ3n) is 6.51. The van der Waals surface area contributed by atoms with Crippen molar-refractivity contribution in [3.8, 4) is 0 Å². The molecule has 2 aliphatic rings. The summed E-state index contributed by atoms with van der Waals surface area (Å²) in [5, 5.41) is 2.05. The van der Waals surface area contributed by atoms with Gasteiger partial charge in [-0.3, -0.25) is 0 Å². The van der Waals surface area contributed by atoms with Crippen LogP contribution < -0.4 is 10.4 Å². The van der Waals surface area contributed by atoms with E-state index in [1.165, 1.54) is 0 Å². The number of rotatable bonds is 4. The van der Waals surface area contributed by atoms with Crippen molar-refractivity contribution in [3.63, 3.8) is 0 Å². The predicted octanol–water partition coefficient (Wildman–Crippen LogP) is 7.53. The van der Waals surface area contributed by atoms with Crippen LogP contribution in [-0.4, -0.2) is 6.69 Å². The van der Waals surface area contributed by atoms with E-state index in [9.17, 15) is 0 Å². The minimum Gasteiger partial charge on any atom is -0.134 e. The summed E-state index contributed by atoms with van der Waals surface area (Å²) < 4.78 is 3.65. The maximum atomic E-state index is 6.49. The zero-order valence-corrected chi connectivity index (χ0v) is 25.9. The fourth-order valence-corrected chi connectivity index (χ4v) is 13.5. The second kappa shape index (κ2) is 11.0. The maximum absolute atomic E-state index is 6.49. The van der Waals surface area contributed by atoms with Crippen LogP contribution in [0.15, 0.2) is 102 Å². The van der Waals surface area contributed by atoms with E-state index in [4.69, 9.17) is 22.2 Å². The molecule has 2 aliphatic carbocycles. The van der Waals surface area contributed by atoms with E-state index in [1.807, 2.05) is 67.3 Å². The van der Waals surface area contributed by atoms with Crippen LogP contribution in [0.1, 0.15) is 41.5 Å². The topological polar surface area (TPSA) is 0 Å². The first-order valence-electron chi connectivity index (χ1n) is 11.2. The molecule has 0 N–H and O–H groups in total. The van der Waals surface area contributed by atoms with E-state index in [-0.39, 0.29) is 0 Å². The normalized spacial score (nSPS) is 20.6. The molecule has 0 saturated heterocycles. The van der Waals surface area contributed by atoms with Gasteiger partial charge in [0.05, 0.1) is 0 Å². The van der Waals surface area contributed by atoms with Crippen molar-refractivity contribution in [1.29, 1.82) is 0 Å². The molecule has 2 aromatic rings. The number of hydrogen-bond acceptors (Lipinski definition) is 0. The maximum Gasteiger partial charge on any atom is 0.310 e. The summed E-state index contributed by atoms with van der Waals surface area (Å²) in [6.45, 7) is 11.5. The summed E-state index contributed by atoms with van der Waals surface area (Å²) >= 11 is 12.2. The summed E-state index contributed by atoms with van der Waals surface area (Å²) in [7, 11) is 0. The van der Waals surface area contributed by atoms with Gasteiger partial charge in [0.15, 0.2) is 0 Å². The molecule has 0 fully saturated rings. The van der Waals surface area contributed by atoms with Crippen molar-refractivity contribution in [2.24, 2.45) is 11.8 Å². The molecule has 2 aromatic carbocycles. The Morgan fingerprint density at radius 3 is 1.25 bits per heavy atom. The molecule has 0 bridgehead atoms. The van der Waals surface area contributed by atoms with Gasteiger partial charge >= 0.3 is 124 Å². The van der Waals surface area contributed by atoms with Crippen LogP contribution >= 0.6 is 22.2 Å². The molecule has 0 radical (unpaired) electrons. The molecule has 4 rings (SSSR count). The Hall–Kier alpha value is -0.933. The van der Waals surface area contributed by atoms with Crippen LogP contribution in [0.3, 0.4) is 0 Å². The van der Waals surface area contributed by atoms with Crippen LogP contribution in [0.4, 0.5) is 0 Å². The Labute approximate surface area is 215 Å². The Bertz CT molecular complexity index is 993. The third-order valence-corrected chi connectivity index (χ3v) is 19.1. The van der Waals surface area contributed by atoms with Gasteiger partial charge in [-0.05, 0) is 10.4 Å². The molecule has 0 nitrogen and oxygen atoms in total. The van der Waals surface area contributed by atoms with Crippen molar-refractivity contribution in [3.05, 3.63) is 102 Å². The summed E-state index contributed by atoms with van der Waals surface area (Å²) in [5.41, 5.74) is 6.29. The zero-order valence-electron chi connectivity index (χ0n) is 19.8. The Morgan fingerprint density at radius 1 is 0.625 bits per heavy atom. The van der Waals surface area contributed by atoms with Crippen molar-refractivity contribution in [2.45, 2.75) is 41.5 Å². The Kier molecular flexibility index (Phi) is 8.83. The first-order valence-corrected chi connectivity index (χ1v) is 18.8. The molecule has 32 heavy (non-hydrogen) atoms. The van der Waals surface area contributed by atoms with Gasteiger partial charge in [-0.2, -0.15) is 0 Å². The van der Waals surface area contributed by atoms with E-state index in [0.717, 1.165) is 22.2 Å². The average molecular weight is 646 g/mol. The first-order chi connectivity index (χ1) is 15.1. The minimum atomic E-state index is -2.51. The van der Waals surface area contributed by atoms with Gasteiger partial charge in [0.25, 0.3) is 0 Å². The SMILES string of the molecule is CC1=CC(C)=[C]([Hf][C]2=C(C)C=C(C)C2C)C1C.Cl[Si](Cl)(c1ccccc1)c1ccccc1. The van der Waals surface area contributed by atoms with Crippen molar-refractivity contribution >= 4 is 39.2 Å². The summed E-state index contributed by atoms with van der Waals surface area (Å²) in [4.78, 5) is 0. The Balaban J connectivity index is 0.000000182. The molecule has 2 unspecified atom stereocenters. The molecule has 2 atom stereocenters. The zero-order chi connectivity index (χ0) is 23.5. The molecule has 0 heterocycles. The molecule has 0 amide bonds. The molecular formula is C28H32Cl2HfSi. The molecule has 0 spiro atoms. The largest absolute Gasteiger partial charge is 0.310 e. The van der Waals surface area contributed by atoms with Gasteiger partial charge < -0.3 is 0 Å². The number of benzene rings is 2. The van der Waals surface area contributed by atoms with Crippen molar-refractivity contribution in [2.75, 3.05) is 0 Å². The molecule has 166 valence electrons. The van der Waals surface area contributed by atoms with Crippen LogP contribution in [0.2, 0.25) is 0 Å².